The van der Waals surface area contributed by atoms with E-state index in [0.717, 1.165) is 67.8 Å². The molecule has 3 aromatic heterocycles. The van der Waals surface area contributed by atoms with Crippen LogP contribution in [0, 0.1) is 5.92 Å². The Labute approximate surface area is 182 Å². The number of piperidine rings is 1. The van der Waals surface area contributed by atoms with Gasteiger partial charge in [-0.15, -0.1) is 10.2 Å². The van der Waals surface area contributed by atoms with E-state index in [1.807, 2.05) is 12.3 Å². The van der Waals surface area contributed by atoms with Gasteiger partial charge in [-0.25, -0.2) is 4.98 Å². The third kappa shape index (κ3) is 4.20. The lowest BCUT2D eigenvalue weighted by Gasteiger charge is -2.35. The number of hydrogen-bond acceptors (Lipinski definition) is 7. The van der Waals surface area contributed by atoms with Crippen molar-refractivity contribution in [3.63, 3.8) is 0 Å². The average molecular weight is 424 g/mol. The molecule has 158 valence electrons. The molecule has 3 aromatic rings. The molecule has 2 fully saturated rings. The maximum atomic E-state index is 4.51. The van der Waals surface area contributed by atoms with E-state index in [9.17, 15) is 0 Å². The molecule has 2 saturated heterocycles. The van der Waals surface area contributed by atoms with Gasteiger partial charge in [0, 0.05) is 63.9 Å². The number of piperazine rings is 1. The molecule has 0 atom stereocenters. The van der Waals surface area contributed by atoms with Gasteiger partial charge in [0.05, 0.1) is 0 Å². The number of aromatic nitrogens is 4. The number of pyridine rings is 1. The van der Waals surface area contributed by atoms with E-state index in [1.54, 1.807) is 11.3 Å². The highest BCUT2D eigenvalue weighted by Crippen LogP contribution is 2.28. The van der Waals surface area contributed by atoms with Gasteiger partial charge >= 0.3 is 0 Å². The summed E-state index contributed by atoms with van der Waals surface area (Å²) in [6.07, 6.45) is 6.47. The summed E-state index contributed by atoms with van der Waals surface area (Å²) < 4.78 is 2.21. The summed E-state index contributed by atoms with van der Waals surface area (Å²) in [4.78, 5) is 11.8. The fourth-order valence-electron chi connectivity index (χ4n) is 4.27. The molecule has 0 unspecified atom stereocenters. The van der Waals surface area contributed by atoms with Gasteiger partial charge in [0.2, 0.25) is 10.3 Å². The van der Waals surface area contributed by atoms with Gasteiger partial charge in [-0.3, -0.25) is 9.47 Å². The minimum Gasteiger partial charge on any atom is -0.354 e. The highest BCUT2D eigenvalue weighted by molar-refractivity contribution is 7.17. The molecule has 0 N–H and O–H groups in total. The zero-order valence-corrected chi connectivity index (χ0v) is 18.3. The van der Waals surface area contributed by atoms with E-state index in [0.29, 0.717) is 0 Å². The van der Waals surface area contributed by atoms with E-state index < -0.39 is 0 Å². The fraction of sp³-hybridized carbons (Fsp3) is 0.500. The Morgan fingerprint density at radius 1 is 0.900 bits per heavy atom. The molecule has 0 spiro atoms. The molecule has 2 aliphatic heterocycles. The maximum absolute atomic E-state index is 4.51. The van der Waals surface area contributed by atoms with Crippen molar-refractivity contribution in [2.75, 3.05) is 49.1 Å². The van der Waals surface area contributed by atoms with Crippen LogP contribution in [-0.2, 0) is 6.54 Å². The highest BCUT2D eigenvalue weighted by Gasteiger charge is 2.22. The van der Waals surface area contributed by atoms with E-state index >= 15 is 0 Å². The molecule has 0 amide bonds. The van der Waals surface area contributed by atoms with E-state index in [-0.39, 0.29) is 0 Å². The van der Waals surface area contributed by atoms with Gasteiger partial charge in [0.25, 0.3) is 0 Å². The Bertz CT molecular complexity index is 937. The van der Waals surface area contributed by atoms with E-state index in [1.165, 1.54) is 18.5 Å². The lowest BCUT2D eigenvalue weighted by molar-refractivity contribution is 0.245. The van der Waals surface area contributed by atoms with E-state index in [2.05, 4.69) is 71.8 Å². The molecule has 0 bridgehead atoms. The van der Waals surface area contributed by atoms with Gasteiger partial charge in [-0.1, -0.05) is 24.3 Å². The van der Waals surface area contributed by atoms with Gasteiger partial charge < -0.3 is 9.80 Å². The summed E-state index contributed by atoms with van der Waals surface area (Å²) >= 11 is 1.70. The van der Waals surface area contributed by atoms with Gasteiger partial charge in [0.1, 0.15) is 5.82 Å². The fourth-order valence-corrected chi connectivity index (χ4v) is 5.18. The first-order valence-electron chi connectivity index (χ1n) is 10.9. The van der Waals surface area contributed by atoms with Crippen LogP contribution in [0.3, 0.4) is 0 Å². The highest BCUT2D eigenvalue weighted by atomic mass is 32.1. The van der Waals surface area contributed by atoms with Crippen LogP contribution >= 0.6 is 11.3 Å². The van der Waals surface area contributed by atoms with Crippen molar-refractivity contribution in [3.05, 3.63) is 48.4 Å². The van der Waals surface area contributed by atoms with Crippen LogP contribution in [0.5, 0.6) is 0 Å². The second kappa shape index (κ2) is 8.73. The quantitative estimate of drug-likeness (QED) is 0.628. The smallest absolute Gasteiger partial charge is 0.218 e. The minimum atomic E-state index is 0.822. The lowest BCUT2D eigenvalue weighted by atomic mass is 10.00. The summed E-state index contributed by atoms with van der Waals surface area (Å²) in [5, 5.41) is 11.0. The zero-order chi connectivity index (χ0) is 20.3. The van der Waals surface area contributed by atoms with Crippen LogP contribution in [-0.4, -0.2) is 63.9 Å². The van der Waals surface area contributed by atoms with Crippen molar-refractivity contribution in [3.8, 4) is 5.13 Å². The molecule has 7 nitrogen and oxygen atoms in total. The van der Waals surface area contributed by atoms with Crippen molar-refractivity contribution >= 4 is 22.3 Å². The third-order valence-electron chi connectivity index (χ3n) is 6.23. The standard InChI is InChI=1S/C22H29N7S/c1-18-7-11-28(12-8-18)21-24-25-22(30-21)29-10-4-5-19(29)17-26-13-15-27(16-14-26)20-6-2-3-9-23-20/h2-6,9-10,18H,7-8,11-17H2,1H3. The summed E-state index contributed by atoms with van der Waals surface area (Å²) in [6.45, 7) is 9.54. The summed E-state index contributed by atoms with van der Waals surface area (Å²) in [6, 6.07) is 10.4. The Kier molecular flexibility index (Phi) is 5.68. The summed E-state index contributed by atoms with van der Waals surface area (Å²) in [5.74, 6) is 1.90. The number of hydrogen-bond donors (Lipinski definition) is 0. The average Bonchev–Trinajstić information content (AvgIpc) is 3.45. The molecular formula is C22H29N7S. The van der Waals surface area contributed by atoms with Crippen LogP contribution in [0.2, 0.25) is 0 Å². The van der Waals surface area contributed by atoms with Crippen LogP contribution in [0.15, 0.2) is 42.7 Å². The molecule has 30 heavy (non-hydrogen) atoms. The maximum Gasteiger partial charge on any atom is 0.218 e. The van der Waals surface area contributed by atoms with Gasteiger partial charge in [0.15, 0.2) is 0 Å². The molecule has 0 saturated carbocycles. The Hall–Kier alpha value is -2.45. The Morgan fingerprint density at radius 3 is 2.47 bits per heavy atom. The van der Waals surface area contributed by atoms with Gasteiger partial charge in [-0.2, -0.15) is 0 Å². The summed E-state index contributed by atoms with van der Waals surface area (Å²) in [7, 11) is 0. The minimum absolute atomic E-state index is 0.822. The number of rotatable bonds is 5. The first-order chi connectivity index (χ1) is 14.8. The monoisotopic (exact) mass is 423 g/mol. The molecule has 2 aliphatic rings. The van der Waals surface area contributed by atoms with Crippen molar-refractivity contribution in [2.24, 2.45) is 5.92 Å². The topological polar surface area (TPSA) is 53.3 Å². The Morgan fingerprint density at radius 2 is 1.70 bits per heavy atom. The number of anilines is 2. The van der Waals surface area contributed by atoms with Crippen LogP contribution < -0.4 is 9.80 Å². The lowest BCUT2D eigenvalue weighted by Crippen LogP contribution is -2.46. The molecule has 5 rings (SSSR count). The first kappa shape index (κ1) is 19.5. The molecule has 0 radical (unpaired) electrons. The van der Waals surface area contributed by atoms with Crippen LogP contribution in [0.25, 0.3) is 5.13 Å². The van der Waals surface area contributed by atoms with Gasteiger partial charge in [-0.05, 0) is 43.0 Å². The van der Waals surface area contributed by atoms with Crippen molar-refractivity contribution in [1.82, 2.24) is 24.6 Å². The molecular weight excluding hydrogens is 394 g/mol. The largest absolute Gasteiger partial charge is 0.354 e. The van der Waals surface area contributed by atoms with Crippen LogP contribution in [0.1, 0.15) is 25.5 Å². The van der Waals surface area contributed by atoms with Crippen LogP contribution in [0.4, 0.5) is 10.9 Å². The number of nitrogens with zero attached hydrogens (tertiary/aromatic N) is 7. The first-order valence-corrected chi connectivity index (χ1v) is 11.7. The second-order valence-corrected chi connectivity index (χ2v) is 9.29. The molecule has 0 aromatic carbocycles. The molecule has 5 heterocycles. The Balaban J connectivity index is 1.22. The SMILES string of the molecule is CC1CCN(c2nnc(-n3cccc3CN3CCN(c4ccccn4)CC3)s2)CC1. The van der Waals surface area contributed by atoms with Crippen molar-refractivity contribution in [1.29, 1.82) is 0 Å². The predicted octanol–water partition coefficient (Wildman–Crippen LogP) is 3.28. The molecule has 8 heteroatoms. The van der Waals surface area contributed by atoms with Crippen molar-refractivity contribution < 1.29 is 0 Å². The third-order valence-corrected chi connectivity index (χ3v) is 7.21. The van der Waals surface area contributed by atoms with E-state index in [4.69, 9.17) is 0 Å². The summed E-state index contributed by atoms with van der Waals surface area (Å²) in [5.41, 5.74) is 1.27. The predicted molar refractivity (Wildman–Crippen MR) is 122 cm³/mol. The van der Waals surface area contributed by atoms with Crippen molar-refractivity contribution in [2.45, 2.75) is 26.3 Å². The molecule has 0 aliphatic carbocycles. The normalized spacial score (nSPS) is 18.8. The zero-order valence-electron chi connectivity index (χ0n) is 17.5. The second-order valence-electron chi connectivity index (χ2n) is 8.36.